The fraction of sp³-hybridized carbons (Fsp3) is 0.400. The van der Waals surface area contributed by atoms with Crippen LogP contribution in [0.4, 0.5) is 13.2 Å². The third kappa shape index (κ3) is 5.87. The van der Waals surface area contributed by atoms with E-state index < -0.39 is 11.7 Å². The van der Waals surface area contributed by atoms with Crippen LogP contribution in [0.5, 0.6) is 0 Å². The summed E-state index contributed by atoms with van der Waals surface area (Å²) in [6.45, 7) is 9.01. The van der Waals surface area contributed by atoms with Crippen molar-refractivity contribution in [3.63, 3.8) is 0 Å². The Morgan fingerprint density at radius 3 is 1.92 bits per heavy atom. The first-order valence-corrected chi connectivity index (χ1v) is 8.63. The van der Waals surface area contributed by atoms with Gasteiger partial charge in [-0.2, -0.15) is 13.2 Å². The zero-order valence-electron chi connectivity index (χ0n) is 14.7. The van der Waals surface area contributed by atoms with Gasteiger partial charge in [-0.3, -0.25) is 4.90 Å². The molecule has 0 aliphatic carbocycles. The molecule has 2 aromatic carbocycles. The van der Waals surface area contributed by atoms with Crippen LogP contribution in [0.15, 0.2) is 48.5 Å². The van der Waals surface area contributed by atoms with Crippen molar-refractivity contribution in [2.24, 2.45) is 0 Å². The summed E-state index contributed by atoms with van der Waals surface area (Å²) in [5, 5.41) is 3.32. The molecule has 0 spiro atoms. The van der Waals surface area contributed by atoms with Crippen LogP contribution in [0.3, 0.4) is 0 Å². The van der Waals surface area contributed by atoms with Crippen molar-refractivity contribution >= 4 is 0 Å². The molecule has 0 saturated heterocycles. The molecule has 0 aliphatic rings. The quantitative estimate of drug-likeness (QED) is 0.688. The first kappa shape index (κ1) is 19.5. The highest BCUT2D eigenvalue weighted by molar-refractivity contribution is 5.64. The molecule has 0 aliphatic heterocycles. The number of halogens is 3. The minimum absolute atomic E-state index is 0.618. The molecule has 0 bridgehead atoms. The zero-order valence-corrected chi connectivity index (χ0v) is 14.7. The van der Waals surface area contributed by atoms with E-state index in [1.165, 1.54) is 17.7 Å². The van der Waals surface area contributed by atoms with Crippen LogP contribution in [0.2, 0.25) is 0 Å². The number of nitrogens with one attached hydrogen (secondary N) is 1. The summed E-state index contributed by atoms with van der Waals surface area (Å²) >= 11 is 0. The predicted octanol–water partition coefficient (Wildman–Crippen LogP) is 4.80. The summed E-state index contributed by atoms with van der Waals surface area (Å²) in [6, 6.07) is 13.3. The molecule has 2 aromatic rings. The third-order valence-electron chi connectivity index (χ3n) is 4.21. The summed E-state index contributed by atoms with van der Waals surface area (Å²) in [5.41, 5.74) is 2.30. The number of hydrogen-bond donors (Lipinski definition) is 1. The van der Waals surface area contributed by atoms with Crippen molar-refractivity contribution in [3.8, 4) is 11.1 Å². The lowest BCUT2D eigenvalue weighted by Gasteiger charge is -2.20. The number of hydrogen-bond acceptors (Lipinski definition) is 2. The van der Waals surface area contributed by atoms with Crippen LogP contribution in [0, 0.1) is 0 Å². The Bertz CT molecular complexity index is 633. The fourth-order valence-corrected chi connectivity index (χ4v) is 2.68. The molecule has 2 nitrogen and oxygen atoms in total. The van der Waals surface area contributed by atoms with E-state index in [4.69, 9.17) is 0 Å². The smallest absolute Gasteiger partial charge is 0.316 e. The summed E-state index contributed by atoms with van der Waals surface area (Å²) in [6.07, 6.45) is -4.29. The molecular weight excluding hydrogens is 325 g/mol. The molecule has 0 saturated carbocycles. The maximum Gasteiger partial charge on any atom is 0.416 e. The maximum absolute atomic E-state index is 12.6. The van der Waals surface area contributed by atoms with Crippen LogP contribution in [0.25, 0.3) is 11.1 Å². The van der Waals surface area contributed by atoms with E-state index in [-0.39, 0.29) is 0 Å². The summed E-state index contributed by atoms with van der Waals surface area (Å²) < 4.78 is 37.9. The topological polar surface area (TPSA) is 15.3 Å². The lowest BCUT2D eigenvalue weighted by atomic mass is 10.0. The second kappa shape index (κ2) is 9.02. The van der Waals surface area contributed by atoms with E-state index in [1.54, 1.807) is 0 Å². The van der Waals surface area contributed by atoms with E-state index in [1.807, 2.05) is 24.3 Å². The van der Waals surface area contributed by atoms with Crippen molar-refractivity contribution in [2.45, 2.75) is 26.6 Å². The van der Waals surface area contributed by atoms with Gasteiger partial charge in [0.2, 0.25) is 0 Å². The second-order valence-electron chi connectivity index (χ2n) is 5.99. The zero-order chi connectivity index (χ0) is 18.3. The van der Waals surface area contributed by atoms with Crippen LogP contribution in [-0.4, -0.2) is 31.1 Å². The highest BCUT2D eigenvalue weighted by atomic mass is 19.4. The van der Waals surface area contributed by atoms with Gasteiger partial charge in [0.15, 0.2) is 0 Å². The molecule has 5 heteroatoms. The Balaban J connectivity index is 2.01. The number of likely N-dealkylation sites (N-methyl/N-ethyl adjacent to an activating group) is 2. The van der Waals surface area contributed by atoms with Crippen LogP contribution < -0.4 is 5.32 Å². The van der Waals surface area contributed by atoms with E-state index in [9.17, 15) is 13.2 Å². The monoisotopic (exact) mass is 350 g/mol. The molecule has 2 rings (SSSR count). The van der Waals surface area contributed by atoms with Gasteiger partial charge in [0, 0.05) is 19.6 Å². The normalized spacial score (nSPS) is 11.9. The minimum atomic E-state index is -4.29. The standard InChI is InChI=1S/C20H25F3N2/c1-3-24-13-14-25(4-2)15-16-5-7-17(8-6-16)18-9-11-19(12-10-18)20(21,22)23/h5-12,24H,3-4,13-15H2,1-2H3. The molecule has 136 valence electrons. The van der Waals surface area contributed by atoms with Gasteiger partial charge in [-0.25, -0.2) is 0 Å². The van der Waals surface area contributed by atoms with Gasteiger partial charge >= 0.3 is 6.18 Å². The highest BCUT2D eigenvalue weighted by Crippen LogP contribution is 2.31. The van der Waals surface area contributed by atoms with Crippen molar-refractivity contribution < 1.29 is 13.2 Å². The van der Waals surface area contributed by atoms with Gasteiger partial charge in [0.1, 0.15) is 0 Å². The van der Waals surface area contributed by atoms with Crippen molar-refractivity contribution in [3.05, 3.63) is 59.7 Å². The molecule has 0 aromatic heterocycles. The molecule has 0 atom stereocenters. The number of benzene rings is 2. The van der Waals surface area contributed by atoms with Gasteiger partial charge in [-0.15, -0.1) is 0 Å². The third-order valence-corrected chi connectivity index (χ3v) is 4.21. The average molecular weight is 350 g/mol. The maximum atomic E-state index is 12.6. The first-order valence-electron chi connectivity index (χ1n) is 8.63. The summed E-state index contributed by atoms with van der Waals surface area (Å²) in [4.78, 5) is 2.36. The van der Waals surface area contributed by atoms with Gasteiger partial charge < -0.3 is 5.32 Å². The molecule has 0 radical (unpaired) electrons. The highest BCUT2D eigenvalue weighted by Gasteiger charge is 2.29. The van der Waals surface area contributed by atoms with Crippen molar-refractivity contribution in [1.29, 1.82) is 0 Å². The lowest BCUT2D eigenvalue weighted by molar-refractivity contribution is -0.137. The molecule has 25 heavy (non-hydrogen) atoms. The molecular formula is C20H25F3N2. The van der Waals surface area contributed by atoms with E-state index in [0.717, 1.165) is 56.0 Å². The van der Waals surface area contributed by atoms with E-state index in [0.29, 0.717) is 0 Å². The van der Waals surface area contributed by atoms with Crippen LogP contribution >= 0.6 is 0 Å². The van der Waals surface area contributed by atoms with E-state index >= 15 is 0 Å². The number of nitrogens with zero attached hydrogens (tertiary/aromatic N) is 1. The van der Waals surface area contributed by atoms with E-state index in [2.05, 4.69) is 24.1 Å². The lowest BCUT2D eigenvalue weighted by Crippen LogP contribution is -2.31. The minimum Gasteiger partial charge on any atom is -0.316 e. The Hall–Kier alpha value is -1.85. The Kier molecular flexibility index (Phi) is 7.02. The largest absolute Gasteiger partial charge is 0.416 e. The predicted molar refractivity (Wildman–Crippen MR) is 96.4 cm³/mol. The van der Waals surface area contributed by atoms with Crippen molar-refractivity contribution in [1.82, 2.24) is 10.2 Å². The Morgan fingerprint density at radius 2 is 1.44 bits per heavy atom. The fourth-order valence-electron chi connectivity index (χ4n) is 2.68. The molecule has 0 fully saturated rings. The average Bonchev–Trinajstić information content (AvgIpc) is 2.61. The SMILES string of the molecule is CCNCCN(CC)Cc1ccc(-c2ccc(C(F)(F)F)cc2)cc1. The first-order chi connectivity index (χ1) is 11.9. The molecule has 0 unspecified atom stereocenters. The molecule has 0 amide bonds. The number of rotatable bonds is 8. The van der Waals surface area contributed by atoms with Gasteiger partial charge in [0.25, 0.3) is 0 Å². The Labute approximate surface area is 147 Å². The second-order valence-corrected chi connectivity index (χ2v) is 5.99. The number of alkyl halides is 3. The molecule has 1 N–H and O–H groups in total. The molecule has 0 heterocycles. The van der Waals surface area contributed by atoms with Gasteiger partial charge in [-0.05, 0) is 41.9 Å². The van der Waals surface area contributed by atoms with Crippen LogP contribution in [0.1, 0.15) is 25.0 Å². The summed E-state index contributed by atoms with van der Waals surface area (Å²) in [5.74, 6) is 0. The summed E-state index contributed by atoms with van der Waals surface area (Å²) in [7, 11) is 0. The Morgan fingerprint density at radius 1 is 0.880 bits per heavy atom. The van der Waals surface area contributed by atoms with Crippen molar-refractivity contribution in [2.75, 3.05) is 26.2 Å². The van der Waals surface area contributed by atoms with Gasteiger partial charge in [-0.1, -0.05) is 50.2 Å². The van der Waals surface area contributed by atoms with Gasteiger partial charge in [0.05, 0.1) is 5.56 Å². The van der Waals surface area contributed by atoms with Crippen LogP contribution in [-0.2, 0) is 12.7 Å².